The van der Waals surface area contributed by atoms with Gasteiger partial charge in [0.25, 0.3) is 11.8 Å². The Morgan fingerprint density at radius 3 is 2.29 bits per heavy atom. The van der Waals surface area contributed by atoms with Crippen molar-refractivity contribution in [2.45, 2.75) is 6.04 Å². The molecule has 0 bridgehead atoms. The van der Waals surface area contributed by atoms with Crippen LogP contribution in [0.15, 0.2) is 59.6 Å². The van der Waals surface area contributed by atoms with E-state index in [2.05, 4.69) is 14.9 Å². The summed E-state index contributed by atoms with van der Waals surface area (Å²) >= 11 is 1.44. The molecule has 2 fully saturated rings. The van der Waals surface area contributed by atoms with E-state index in [0.29, 0.717) is 30.4 Å². The molecule has 0 saturated carbocycles. The fourth-order valence-corrected chi connectivity index (χ4v) is 4.63. The zero-order valence-corrected chi connectivity index (χ0v) is 17.9. The van der Waals surface area contributed by atoms with E-state index in [4.69, 9.17) is 0 Å². The molecule has 7 nitrogen and oxygen atoms in total. The summed E-state index contributed by atoms with van der Waals surface area (Å²) in [5.41, 5.74) is 4.75. The van der Waals surface area contributed by atoms with Gasteiger partial charge in [0, 0.05) is 62.5 Å². The van der Waals surface area contributed by atoms with Crippen LogP contribution in [0.5, 0.6) is 0 Å². The minimum absolute atomic E-state index is 0.0118. The molecule has 31 heavy (non-hydrogen) atoms. The third-order valence-electron chi connectivity index (χ3n) is 6.00. The Morgan fingerprint density at radius 1 is 0.871 bits per heavy atom. The maximum absolute atomic E-state index is 12.8. The zero-order valence-electron chi connectivity index (χ0n) is 17.1. The van der Waals surface area contributed by atoms with Gasteiger partial charge >= 0.3 is 0 Å². The maximum atomic E-state index is 12.8. The Kier molecular flexibility index (Phi) is 5.48. The Labute approximate surface area is 185 Å². The minimum Gasteiger partial charge on any atom is -0.335 e. The van der Waals surface area contributed by atoms with Crippen LogP contribution in [-0.2, 0) is 0 Å². The summed E-state index contributed by atoms with van der Waals surface area (Å²) in [7, 11) is 0. The van der Waals surface area contributed by atoms with Gasteiger partial charge in [-0.2, -0.15) is 0 Å². The number of aromatic nitrogens is 2. The van der Waals surface area contributed by atoms with E-state index in [1.807, 2.05) is 52.3 Å². The fraction of sp³-hybridized carbons (Fsp3) is 0.304. The lowest BCUT2D eigenvalue weighted by Gasteiger charge is -2.48. The fourth-order valence-electron chi connectivity index (χ4n) is 4.11. The molecule has 2 aliphatic rings. The average Bonchev–Trinajstić information content (AvgIpc) is 3.34. The number of benzene rings is 1. The molecule has 0 atom stereocenters. The lowest BCUT2D eigenvalue weighted by molar-refractivity contribution is 0.00842. The van der Waals surface area contributed by atoms with Gasteiger partial charge in [0.1, 0.15) is 5.69 Å². The Balaban J connectivity index is 1.12. The third-order valence-corrected chi connectivity index (χ3v) is 6.59. The zero-order chi connectivity index (χ0) is 21.2. The van der Waals surface area contributed by atoms with Gasteiger partial charge in [0.15, 0.2) is 0 Å². The Morgan fingerprint density at radius 2 is 1.65 bits per heavy atom. The highest BCUT2D eigenvalue weighted by atomic mass is 32.1. The molecule has 0 radical (unpaired) electrons. The largest absolute Gasteiger partial charge is 0.335 e. The number of piperazine rings is 1. The highest BCUT2D eigenvalue weighted by Crippen LogP contribution is 2.22. The van der Waals surface area contributed by atoms with E-state index in [-0.39, 0.29) is 11.8 Å². The highest BCUT2D eigenvalue weighted by molar-refractivity contribution is 7.07. The number of hydrogen-bond donors (Lipinski definition) is 0. The summed E-state index contributed by atoms with van der Waals surface area (Å²) < 4.78 is 0. The highest BCUT2D eigenvalue weighted by Gasteiger charge is 2.37. The van der Waals surface area contributed by atoms with Crippen LogP contribution in [0.2, 0.25) is 0 Å². The second-order valence-corrected chi connectivity index (χ2v) is 8.58. The number of thiazole rings is 1. The molecule has 0 spiro atoms. The molecule has 0 aliphatic carbocycles. The number of amides is 2. The van der Waals surface area contributed by atoms with Gasteiger partial charge in [0.2, 0.25) is 0 Å². The summed E-state index contributed by atoms with van der Waals surface area (Å²) in [6, 6.07) is 14.1. The monoisotopic (exact) mass is 433 g/mol. The van der Waals surface area contributed by atoms with Crippen molar-refractivity contribution in [1.82, 2.24) is 24.7 Å². The SMILES string of the molecule is O=C(c1ccc(-c2ccccc2)nc1)N1CC(N2CCN(C(=O)c3cscn3)CC2)C1. The molecule has 0 N–H and O–H groups in total. The first-order valence-electron chi connectivity index (χ1n) is 10.4. The summed E-state index contributed by atoms with van der Waals surface area (Å²) in [4.78, 5) is 39.9. The summed E-state index contributed by atoms with van der Waals surface area (Å²) in [5, 5.41) is 1.80. The molecule has 2 amide bonds. The first kappa shape index (κ1) is 19.8. The van der Waals surface area contributed by atoms with Crippen LogP contribution in [0.1, 0.15) is 20.8 Å². The van der Waals surface area contributed by atoms with E-state index in [1.165, 1.54) is 11.3 Å². The van der Waals surface area contributed by atoms with Gasteiger partial charge in [-0.1, -0.05) is 30.3 Å². The molecule has 4 heterocycles. The summed E-state index contributed by atoms with van der Waals surface area (Å²) in [5.74, 6) is 0.0403. The first-order chi connectivity index (χ1) is 15.2. The van der Waals surface area contributed by atoms with Gasteiger partial charge < -0.3 is 9.80 Å². The van der Waals surface area contributed by atoms with Crippen molar-refractivity contribution in [1.29, 1.82) is 0 Å². The van der Waals surface area contributed by atoms with Crippen molar-refractivity contribution in [3.05, 3.63) is 70.8 Å². The molecule has 2 aromatic heterocycles. The van der Waals surface area contributed by atoms with Crippen LogP contribution in [0.4, 0.5) is 0 Å². The normalized spacial score (nSPS) is 17.4. The summed E-state index contributed by atoms with van der Waals surface area (Å²) in [6.07, 6.45) is 1.67. The number of carbonyl (C=O) groups is 2. The number of likely N-dealkylation sites (tertiary alicyclic amines) is 1. The first-order valence-corrected chi connectivity index (χ1v) is 11.4. The van der Waals surface area contributed by atoms with Crippen LogP contribution in [0.25, 0.3) is 11.3 Å². The molecule has 0 unspecified atom stereocenters. The molecule has 5 rings (SSSR count). The summed E-state index contributed by atoms with van der Waals surface area (Å²) in [6.45, 7) is 4.50. The van der Waals surface area contributed by atoms with Gasteiger partial charge in [-0.3, -0.25) is 19.5 Å². The molecule has 1 aromatic carbocycles. The molecule has 158 valence electrons. The average molecular weight is 434 g/mol. The molecular formula is C23H23N5O2S. The Hall–Kier alpha value is -3.10. The maximum Gasteiger partial charge on any atom is 0.273 e. The van der Waals surface area contributed by atoms with Gasteiger partial charge in [0.05, 0.1) is 16.8 Å². The smallest absolute Gasteiger partial charge is 0.273 e. The molecule has 2 aliphatic heterocycles. The van der Waals surface area contributed by atoms with Crippen molar-refractivity contribution >= 4 is 23.2 Å². The van der Waals surface area contributed by atoms with Crippen molar-refractivity contribution in [3.8, 4) is 11.3 Å². The van der Waals surface area contributed by atoms with Crippen molar-refractivity contribution < 1.29 is 9.59 Å². The van der Waals surface area contributed by atoms with Crippen molar-refractivity contribution in [2.75, 3.05) is 39.3 Å². The van der Waals surface area contributed by atoms with E-state index in [0.717, 1.165) is 37.4 Å². The van der Waals surface area contributed by atoms with E-state index in [9.17, 15) is 9.59 Å². The topological polar surface area (TPSA) is 69.6 Å². The van der Waals surface area contributed by atoms with Gasteiger partial charge in [-0.25, -0.2) is 4.98 Å². The predicted molar refractivity (Wildman–Crippen MR) is 119 cm³/mol. The third kappa shape index (κ3) is 4.08. The van der Waals surface area contributed by atoms with Crippen LogP contribution in [-0.4, -0.2) is 81.8 Å². The number of pyridine rings is 1. The van der Waals surface area contributed by atoms with Crippen LogP contribution >= 0.6 is 11.3 Å². The number of carbonyl (C=O) groups excluding carboxylic acids is 2. The predicted octanol–water partition coefficient (Wildman–Crippen LogP) is 2.49. The van der Waals surface area contributed by atoms with Crippen LogP contribution < -0.4 is 0 Å². The lowest BCUT2D eigenvalue weighted by Crippen LogP contribution is -2.64. The van der Waals surface area contributed by atoms with Gasteiger partial charge in [-0.05, 0) is 12.1 Å². The lowest BCUT2D eigenvalue weighted by atomic mass is 10.0. The number of rotatable bonds is 4. The minimum atomic E-state index is 0.0118. The van der Waals surface area contributed by atoms with Crippen molar-refractivity contribution in [3.63, 3.8) is 0 Å². The standard InChI is InChI=1S/C23H23N5O2S/c29-22(18-6-7-20(24-12-18)17-4-2-1-3-5-17)28-13-19(14-28)26-8-10-27(11-9-26)23(30)21-15-31-16-25-21/h1-7,12,15-16,19H,8-11,13-14H2. The second-order valence-electron chi connectivity index (χ2n) is 7.86. The van der Waals surface area contributed by atoms with Crippen LogP contribution in [0, 0.1) is 0 Å². The van der Waals surface area contributed by atoms with E-state index < -0.39 is 0 Å². The molecule has 8 heteroatoms. The quantitative estimate of drug-likeness (QED) is 0.632. The van der Waals surface area contributed by atoms with E-state index >= 15 is 0 Å². The molecule has 3 aromatic rings. The molecule has 2 saturated heterocycles. The molecular weight excluding hydrogens is 410 g/mol. The number of nitrogens with zero attached hydrogens (tertiary/aromatic N) is 5. The number of hydrogen-bond acceptors (Lipinski definition) is 6. The Bertz CT molecular complexity index is 1040. The van der Waals surface area contributed by atoms with Gasteiger partial charge in [-0.15, -0.1) is 11.3 Å². The second kappa shape index (κ2) is 8.56. The van der Waals surface area contributed by atoms with E-state index in [1.54, 1.807) is 17.1 Å². The van der Waals surface area contributed by atoms with Crippen LogP contribution in [0.3, 0.4) is 0 Å². The van der Waals surface area contributed by atoms with Crippen molar-refractivity contribution in [2.24, 2.45) is 0 Å².